The maximum atomic E-state index is 14.1. The zero-order valence-electron chi connectivity index (χ0n) is 15.6. The van der Waals surface area contributed by atoms with Crippen LogP contribution >= 0.6 is 0 Å². The van der Waals surface area contributed by atoms with Crippen molar-refractivity contribution in [3.63, 3.8) is 0 Å². The van der Waals surface area contributed by atoms with Crippen molar-refractivity contribution in [2.24, 2.45) is 5.84 Å². The van der Waals surface area contributed by atoms with Crippen LogP contribution in [0.3, 0.4) is 0 Å². The third kappa shape index (κ3) is 5.02. The molecule has 0 unspecified atom stereocenters. The van der Waals surface area contributed by atoms with Crippen LogP contribution in [-0.4, -0.2) is 42.0 Å². The smallest absolute Gasteiger partial charge is 0.219 e. The number of nitrogens with one attached hydrogen (secondary N) is 1. The number of halogens is 1. The van der Waals surface area contributed by atoms with Gasteiger partial charge in [-0.25, -0.2) is 4.39 Å². The molecule has 0 atom stereocenters. The van der Waals surface area contributed by atoms with E-state index in [1.54, 1.807) is 6.92 Å². The number of aryl methyl sites for hydroxylation is 2. The molecule has 3 rings (SSSR count). The Bertz CT molecular complexity index is 772. The maximum Gasteiger partial charge on any atom is 0.219 e. The zero-order valence-corrected chi connectivity index (χ0v) is 15.6. The molecule has 1 saturated heterocycles. The first-order valence-electron chi connectivity index (χ1n) is 9.23. The number of carbonyl (C=O) groups excluding carboxylic acids is 1. The Morgan fingerprint density at radius 3 is 2.56 bits per heavy atom. The summed E-state index contributed by atoms with van der Waals surface area (Å²) in [5, 5.41) is 0. The number of nitrogens with zero attached hydrogens (tertiary/aromatic N) is 3. The Labute approximate surface area is 159 Å². The second-order valence-corrected chi connectivity index (χ2v) is 6.81. The fourth-order valence-corrected chi connectivity index (χ4v) is 3.32. The van der Waals surface area contributed by atoms with Crippen LogP contribution in [0, 0.1) is 5.82 Å². The number of pyridine rings is 1. The lowest BCUT2D eigenvalue weighted by Gasteiger charge is -2.35. The summed E-state index contributed by atoms with van der Waals surface area (Å²) in [6.07, 6.45) is 3.15. The van der Waals surface area contributed by atoms with E-state index in [1.165, 1.54) is 6.07 Å². The highest BCUT2D eigenvalue weighted by Gasteiger charge is 2.18. The van der Waals surface area contributed by atoms with Gasteiger partial charge in [0.05, 0.1) is 11.9 Å². The molecule has 2 heterocycles. The van der Waals surface area contributed by atoms with E-state index in [9.17, 15) is 9.18 Å². The Balaban J connectivity index is 1.55. The summed E-state index contributed by atoms with van der Waals surface area (Å²) >= 11 is 0. The van der Waals surface area contributed by atoms with Crippen LogP contribution in [0.2, 0.25) is 0 Å². The van der Waals surface area contributed by atoms with Crippen molar-refractivity contribution >= 4 is 11.6 Å². The second-order valence-electron chi connectivity index (χ2n) is 6.81. The van der Waals surface area contributed by atoms with E-state index in [-0.39, 0.29) is 11.7 Å². The normalized spacial score (nSPS) is 14.5. The number of piperazine rings is 1. The standard InChI is InChI=1S/C20H26FN5O/c1-15(27)25-8-10-26(11-9-25)19-7-6-18(23-14-19)5-4-17-3-2-16(13-24-22)12-20(17)21/h2-3,6-7,12,14,24H,4-5,8-11,13,22H2,1H3. The molecule has 0 radical (unpaired) electrons. The predicted molar refractivity (Wildman–Crippen MR) is 104 cm³/mol. The third-order valence-corrected chi connectivity index (χ3v) is 4.97. The van der Waals surface area contributed by atoms with Gasteiger partial charge in [0.1, 0.15) is 5.82 Å². The van der Waals surface area contributed by atoms with Crippen LogP contribution in [0.1, 0.15) is 23.7 Å². The van der Waals surface area contributed by atoms with Crippen LogP contribution in [0.4, 0.5) is 10.1 Å². The van der Waals surface area contributed by atoms with E-state index in [2.05, 4.69) is 21.4 Å². The molecular formula is C20H26FN5O. The average molecular weight is 371 g/mol. The highest BCUT2D eigenvalue weighted by molar-refractivity contribution is 5.73. The van der Waals surface area contributed by atoms with Crippen molar-refractivity contribution in [2.45, 2.75) is 26.3 Å². The molecule has 0 bridgehead atoms. The number of rotatable bonds is 6. The van der Waals surface area contributed by atoms with Crippen molar-refractivity contribution in [3.8, 4) is 0 Å². The summed E-state index contributed by atoms with van der Waals surface area (Å²) in [4.78, 5) is 20.0. The van der Waals surface area contributed by atoms with E-state index >= 15 is 0 Å². The third-order valence-electron chi connectivity index (χ3n) is 4.97. The molecular weight excluding hydrogens is 345 g/mol. The van der Waals surface area contributed by atoms with E-state index < -0.39 is 0 Å². The summed E-state index contributed by atoms with van der Waals surface area (Å²) in [6.45, 7) is 5.17. The highest BCUT2D eigenvalue weighted by atomic mass is 19.1. The van der Waals surface area contributed by atoms with Gasteiger partial charge >= 0.3 is 0 Å². The lowest BCUT2D eigenvalue weighted by molar-refractivity contribution is -0.129. The maximum absolute atomic E-state index is 14.1. The number of nitrogens with two attached hydrogens (primary N) is 1. The Kier molecular flexibility index (Phi) is 6.36. The number of hydrogen-bond acceptors (Lipinski definition) is 5. The van der Waals surface area contributed by atoms with Crippen molar-refractivity contribution in [3.05, 3.63) is 59.2 Å². The van der Waals surface area contributed by atoms with Crippen molar-refractivity contribution in [2.75, 3.05) is 31.1 Å². The topological polar surface area (TPSA) is 74.5 Å². The Morgan fingerprint density at radius 1 is 1.19 bits per heavy atom. The van der Waals surface area contributed by atoms with Gasteiger partial charge in [-0.2, -0.15) is 0 Å². The number of amides is 1. The van der Waals surface area contributed by atoms with Gasteiger partial charge in [-0.1, -0.05) is 12.1 Å². The number of carbonyl (C=O) groups is 1. The first-order chi connectivity index (χ1) is 13.1. The Morgan fingerprint density at radius 2 is 1.96 bits per heavy atom. The number of anilines is 1. The molecule has 1 fully saturated rings. The molecule has 3 N–H and O–H groups in total. The van der Waals surface area contributed by atoms with Crippen LogP contribution in [0.25, 0.3) is 0 Å². The molecule has 6 nitrogen and oxygen atoms in total. The molecule has 1 aromatic carbocycles. The lowest BCUT2D eigenvalue weighted by Crippen LogP contribution is -2.48. The van der Waals surface area contributed by atoms with E-state index in [4.69, 9.17) is 5.84 Å². The molecule has 1 amide bonds. The van der Waals surface area contributed by atoms with Crippen molar-refractivity contribution in [1.82, 2.24) is 15.3 Å². The first-order valence-corrected chi connectivity index (χ1v) is 9.23. The van der Waals surface area contributed by atoms with Crippen LogP contribution in [0.5, 0.6) is 0 Å². The summed E-state index contributed by atoms with van der Waals surface area (Å²) in [5.41, 5.74) is 6.04. The summed E-state index contributed by atoms with van der Waals surface area (Å²) < 4.78 is 14.1. The van der Waals surface area contributed by atoms with Crippen molar-refractivity contribution in [1.29, 1.82) is 0 Å². The van der Waals surface area contributed by atoms with Gasteiger partial charge in [-0.3, -0.25) is 21.0 Å². The molecule has 1 aliphatic heterocycles. The quantitative estimate of drug-likeness (QED) is 0.596. The summed E-state index contributed by atoms with van der Waals surface area (Å²) in [6, 6.07) is 9.27. The second kappa shape index (κ2) is 8.92. The van der Waals surface area contributed by atoms with Gasteiger partial charge in [0.25, 0.3) is 0 Å². The number of aromatic nitrogens is 1. The van der Waals surface area contributed by atoms with Gasteiger partial charge in [0.2, 0.25) is 5.91 Å². The van der Waals surface area contributed by atoms with E-state index in [0.717, 1.165) is 43.1 Å². The fraction of sp³-hybridized carbons (Fsp3) is 0.400. The van der Waals surface area contributed by atoms with Gasteiger partial charge < -0.3 is 9.80 Å². The molecule has 7 heteroatoms. The number of benzene rings is 1. The van der Waals surface area contributed by atoms with Crippen LogP contribution in [-0.2, 0) is 24.2 Å². The van der Waals surface area contributed by atoms with E-state index in [0.29, 0.717) is 24.9 Å². The monoisotopic (exact) mass is 371 g/mol. The van der Waals surface area contributed by atoms with Gasteiger partial charge in [0, 0.05) is 45.3 Å². The van der Waals surface area contributed by atoms with Crippen molar-refractivity contribution < 1.29 is 9.18 Å². The minimum atomic E-state index is -0.206. The average Bonchev–Trinajstić information content (AvgIpc) is 2.68. The number of hydrazine groups is 1. The fourth-order valence-electron chi connectivity index (χ4n) is 3.32. The molecule has 2 aromatic rings. The van der Waals surface area contributed by atoms with Crippen LogP contribution < -0.4 is 16.2 Å². The summed E-state index contributed by atoms with van der Waals surface area (Å²) in [7, 11) is 0. The predicted octanol–water partition coefficient (Wildman–Crippen LogP) is 1.64. The number of hydrogen-bond donors (Lipinski definition) is 2. The minimum Gasteiger partial charge on any atom is -0.367 e. The van der Waals surface area contributed by atoms with Gasteiger partial charge in [-0.15, -0.1) is 0 Å². The Hall–Kier alpha value is -2.51. The first kappa shape index (κ1) is 19.3. The highest BCUT2D eigenvalue weighted by Crippen LogP contribution is 2.17. The van der Waals surface area contributed by atoms with Gasteiger partial charge in [-0.05, 0) is 42.2 Å². The molecule has 0 aliphatic carbocycles. The molecule has 27 heavy (non-hydrogen) atoms. The van der Waals surface area contributed by atoms with E-state index in [1.807, 2.05) is 29.3 Å². The molecule has 1 aromatic heterocycles. The lowest BCUT2D eigenvalue weighted by atomic mass is 10.0. The zero-order chi connectivity index (χ0) is 19.2. The summed E-state index contributed by atoms with van der Waals surface area (Å²) in [5.74, 6) is 5.19. The van der Waals surface area contributed by atoms with Crippen LogP contribution in [0.15, 0.2) is 36.5 Å². The van der Waals surface area contributed by atoms with Gasteiger partial charge in [0.15, 0.2) is 0 Å². The molecule has 0 saturated carbocycles. The largest absolute Gasteiger partial charge is 0.367 e. The SMILES string of the molecule is CC(=O)N1CCN(c2ccc(CCc3ccc(CNN)cc3F)nc2)CC1. The molecule has 144 valence electrons. The molecule has 1 aliphatic rings. The minimum absolute atomic E-state index is 0.127. The molecule has 0 spiro atoms.